The molecule has 2 aromatic carbocycles. The maximum atomic E-state index is 13.4. The lowest BCUT2D eigenvalue weighted by molar-refractivity contribution is -0.140. The number of hydrogen-bond acceptors (Lipinski definition) is 3. The van der Waals surface area contributed by atoms with E-state index in [1.165, 1.54) is 27.2 Å². The van der Waals surface area contributed by atoms with Crippen molar-refractivity contribution in [1.29, 1.82) is 0 Å². The van der Waals surface area contributed by atoms with Crippen molar-refractivity contribution in [3.8, 4) is 0 Å². The molecular weight excluding hydrogens is 348 g/mol. The summed E-state index contributed by atoms with van der Waals surface area (Å²) in [6.07, 6.45) is 1.70. The summed E-state index contributed by atoms with van der Waals surface area (Å²) in [5, 5.41) is 0. The summed E-state index contributed by atoms with van der Waals surface area (Å²) in [5.41, 5.74) is 5.55. The number of benzene rings is 2. The number of nitrogens with zero attached hydrogens (tertiary/aromatic N) is 2. The van der Waals surface area contributed by atoms with Gasteiger partial charge in [0.25, 0.3) is 0 Å². The van der Waals surface area contributed by atoms with E-state index >= 15 is 0 Å². The zero-order valence-corrected chi connectivity index (χ0v) is 15.2. The van der Waals surface area contributed by atoms with Crippen molar-refractivity contribution >= 4 is 11.8 Å². The number of likely N-dealkylation sites (tertiary alicyclic amines) is 1. The topological polar surface area (TPSA) is 50.3 Å². The largest absolute Gasteiger partial charge is 0.276 e. The van der Waals surface area contributed by atoms with Crippen molar-refractivity contribution in [1.82, 2.24) is 9.88 Å². The molecule has 3 aromatic rings. The van der Waals surface area contributed by atoms with Gasteiger partial charge in [-0.2, -0.15) is 0 Å². The van der Waals surface area contributed by atoms with E-state index in [9.17, 15) is 9.59 Å². The van der Waals surface area contributed by atoms with Crippen molar-refractivity contribution in [2.24, 2.45) is 11.8 Å². The molecule has 0 saturated carbocycles. The van der Waals surface area contributed by atoms with E-state index in [-0.39, 0.29) is 42.0 Å². The predicted molar refractivity (Wildman–Crippen MR) is 103 cm³/mol. The van der Waals surface area contributed by atoms with E-state index in [0.717, 1.165) is 5.69 Å². The number of hydrogen-bond donors (Lipinski definition) is 0. The third-order valence-corrected chi connectivity index (χ3v) is 6.59. The van der Waals surface area contributed by atoms with Gasteiger partial charge in [-0.15, -0.1) is 0 Å². The predicted octanol–water partition coefficient (Wildman–Crippen LogP) is 3.47. The molecule has 2 amide bonds. The summed E-state index contributed by atoms with van der Waals surface area (Å²) in [7, 11) is 0. The number of pyridine rings is 1. The van der Waals surface area contributed by atoms with Crippen LogP contribution in [0.15, 0.2) is 72.9 Å². The molecule has 7 rings (SSSR count). The highest BCUT2D eigenvalue weighted by molar-refractivity contribution is 6.07. The second kappa shape index (κ2) is 5.61. The third kappa shape index (κ3) is 1.92. The molecule has 0 unspecified atom stereocenters. The Morgan fingerprint density at radius 1 is 0.679 bits per heavy atom. The molecule has 2 bridgehead atoms. The SMILES string of the molecule is O=C1[C@@H]2C3c4ccccc4C(c4ccccc43)[C@H]2C(=O)N1Cc1ccccn1. The van der Waals surface area contributed by atoms with Gasteiger partial charge in [0, 0.05) is 18.0 Å². The van der Waals surface area contributed by atoms with E-state index < -0.39 is 0 Å². The van der Waals surface area contributed by atoms with Gasteiger partial charge in [-0.3, -0.25) is 19.5 Å². The molecule has 1 aliphatic heterocycles. The lowest BCUT2D eigenvalue weighted by Gasteiger charge is -2.45. The first-order chi connectivity index (χ1) is 13.8. The fourth-order valence-corrected chi connectivity index (χ4v) is 5.55. The van der Waals surface area contributed by atoms with Gasteiger partial charge in [-0.05, 0) is 34.4 Å². The molecule has 0 spiro atoms. The second-order valence-electron chi connectivity index (χ2n) is 7.85. The fraction of sp³-hybridized carbons (Fsp3) is 0.208. The van der Waals surface area contributed by atoms with Gasteiger partial charge < -0.3 is 0 Å². The van der Waals surface area contributed by atoms with Gasteiger partial charge in [0.1, 0.15) is 0 Å². The molecule has 3 aliphatic carbocycles. The van der Waals surface area contributed by atoms with Crippen LogP contribution in [-0.4, -0.2) is 21.7 Å². The van der Waals surface area contributed by atoms with Gasteiger partial charge in [0.05, 0.1) is 24.1 Å². The maximum absolute atomic E-state index is 13.4. The van der Waals surface area contributed by atoms with E-state index in [2.05, 4.69) is 29.2 Å². The summed E-state index contributed by atoms with van der Waals surface area (Å²) in [6.45, 7) is 0.248. The molecule has 0 radical (unpaired) electrons. The average molecular weight is 366 g/mol. The van der Waals surface area contributed by atoms with Gasteiger partial charge >= 0.3 is 0 Å². The third-order valence-electron chi connectivity index (χ3n) is 6.59. The lowest BCUT2D eigenvalue weighted by atomic mass is 9.55. The number of amides is 2. The number of aromatic nitrogens is 1. The van der Waals surface area contributed by atoms with Gasteiger partial charge in [0.15, 0.2) is 0 Å². The maximum Gasteiger partial charge on any atom is 0.234 e. The Morgan fingerprint density at radius 3 is 1.57 bits per heavy atom. The molecule has 0 N–H and O–H groups in total. The Morgan fingerprint density at radius 2 is 1.14 bits per heavy atom. The number of imide groups is 1. The minimum absolute atomic E-state index is 0.0485. The summed E-state index contributed by atoms with van der Waals surface area (Å²) in [5.74, 6) is -0.837. The Balaban J connectivity index is 1.50. The van der Waals surface area contributed by atoms with Crippen LogP contribution in [0, 0.1) is 11.8 Å². The fourth-order valence-electron chi connectivity index (χ4n) is 5.55. The van der Waals surface area contributed by atoms with Crippen LogP contribution in [0.4, 0.5) is 0 Å². The van der Waals surface area contributed by atoms with E-state index in [1.54, 1.807) is 6.20 Å². The molecule has 4 nitrogen and oxygen atoms in total. The average Bonchev–Trinajstić information content (AvgIpc) is 3.00. The zero-order chi connectivity index (χ0) is 18.8. The number of carbonyl (C=O) groups is 2. The molecule has 2 atom stereocenters. The van der Waals surface area contributed by atoms with Gasteiger partial charge in [-0.25, -0.2) is 0 Å². The molecular formula is C24H18N2O2. The highest BCUT2D eigenvalue weighted by Crippen LogP contribution is 2.60. The Labute approximate surface area is 162 Å². The van der Waals surface area contributed by atoms with Crippen molar-refractivity contribution in [3.05, 3.63) is 101 Å². The first kappa shape index (κ1) is 15.8. The summed E-state index contributed by atoms with van der Waals surface area (Å²) in [6, 6.07) is 22.2. The standard InChI is InChI=1S/C24H18N2O2/c27-23-21-19-15-8-1-2-9-16(15)20(18-11-4-3-10-17(18)19)22(21)24(28)26(23)13-14-7-5-6-12-25-14/h1-12,19-22H,13H2/t19?,20?,21-,22-/m1/s1. The quantitative estimate of drug-likeness (QED) is 0.653. The molecule has 1 aromatic heterocycles. The van der Waals surface area contributed by atoms with Crippen molar-refractivity contribution in [3.63, 3.8) is 0 Å². The minimum atomic E-state index is -0.314. The summed E-state index contributed by atoms with van der Waals surface area (Å²) in [4.78, 5) is 32.6. The molecule has 4 aliphatic rings. The monoisotopic (exact) mass is 366 g/mol. The number of rotatable bonds is 2. The van der Waals surface area contributed by atoms with Crippen molar-refractivity contribution < 1.29 is 9.59 Å². The number of carbonyl (C=O) groups excluding carboxylic acids is 2. The van der Waals surface area contributed by atoms with Gasteiger partial charge in [-0.1, -0.05) is 54.6 Å². The normalized spacial score (nSPS) is 26.8. The second-order valence-corrected chi connectivity index (χ2v) is 7.85. The Bertz CT molecular complexity index is 1010. The van der Waals surface area contributed by atoms with E-state index in [1.807, 2.05) is 42.5 Å². The minimum Gasteiger partial charge on any atom is -0.276 e. The smallest absolute Gasteiger partial charge is 0.234 e. The van der Waals surface area contributed by atoms with Crippen molar-refractivity contribution in [2.75, 3.05) is 0 Å². The summed E-state index contributed by atoms with van der Waals surface area (Å²) >= 11 is 0. The lowest BCUT2D eigenvalue weighted by Crippen LogP contribution is -2.41. The Kier molecular flexibility index (Phi) is 3.16. The Hall–Kier alpha value is -3.27. The van der Waals surface area contributed by atoms with Crippen LogP contribution in [0.1, 0.15) is 39.8 Å². The first-order valence-electron chi connectivity index (χ1n) is 9.68. The molecule has 1 fully saturated rings. The van der Waals surface area contributed by atoms with E-state index in [4.69, 9.17) is 0 Å². The highest BCUT2D eigenvalue weighted by Gasteiger charge is 2.61. The molecule has 2 heterocycles. The first-order valence-corrected chi connectivity index (χ1v) is 9.68. The van der Waals surface area contributed by atoms with Crippen LogP contribution in [0.25, 0.3) is 0 Å². The van der Waals surface area contributed by atoms with Crippen LogP contribution in [0.2, 0.25) is 0 Å². The van der Waals surface area contributed by atoms with Crippen molar-refractivity contribution in [2.45, 2.75) is 18.4 Å². The van der Waals surface area contributed by atoms with Crippen LogP contribution in [0.5, 0.6) is 0 Å². The molecule has 4 heteroatoms. The van der Waals surface area contributed by atoms with Gasteiger partial charge in [0.2, 0.25) is 11.8 Å². The van der Waals surface area contributed by atoms with E-state index in [0.29, 0.717) is 0 Å². The zero-order valence-electron chi connectivity index (χ0n) is 15.2. The van der Waals surface area contributed by atoms with Crippen LogP contribution in [0.3, 0.4) is 0 Å². The highest BCUT2D eigenvalue weighted by atomic mass is 16.2. The summed E-state index contributed by atoms with van der Waals surface area (Å²) < 4.78 is 0. The molecule has 28 heavy (non-hydrogen) atoms. The van der Waals surface area contributed by atoms with Crippen LogP contribution >= 0.6 is 0 Å². The molecule has 136 valence electrons. The van der Waals surface area contributed by atoms with Crippen LogP contribution < -0.4 is 0 Å². The molecule has 1 saturated heterocycles. The van der Waals surface area contributed by atoms with Crippen LogP contribution in [-0.2, 0) is 16.1 Å².